The number of benzene rings is 1. The second-order valence-electron chi connectivity index (χ2n) is 9.48. The number of amides is 2. The average Bonchev–Trinajstić information content (AvgIpc) is 2.84. The highest BCUT2D eigenvalue weighted by Gasteiger charge is 2.36. The van der Waals surface area contributed by atoms with Gasteiger partial charge in [0.25, 0.3) is 0 Å². The van der Waals surface area contributed by atoms with Gasteiger partial charge in [0.05, 0.1) is 4.90 Å². The van der Waals surface area contributed by atoms with Crippen molar-refractivity contribution >= 4 is 21.8 Å². The summed E-state index contributed by atoms with van der Waals surface area (Å²) in [6, 6.07) is 6.92. The Hall–Kier alpha value is -1.93. The fourth-order valence-corrected chi connectivity index (χ4v) is 6.65. The number of hydrogen-bond donors (Lipinski definition) is 0. The first kappa shape index (κ1) is 23.2. The number of carbonyl (C=O) groups is 2. The van der Waals surface area contributed by atoms with Crippen LogP contribution in [0.15, 0.2) is 29.2 Å². The maximum Gasteiger partial charge on any atom is 0.243 e. The van der Waals surface area contributed by atoms with Crippen LogP contribution in [-0.4, -0.2) is 73.6 Å². The highest BCUT2D eigenvalue weighted by Crippen LogP contribution is 2.28. The molecule has 0 saturated carbocycles. The molecule has 0 bridgehead atoms. The fraction of sp³-hybridized carbons (Fsp3) is 0.667. The van der Waals surface area contributed by atoms with Gasteiger partial charge in [-0.2, -0.15) is 4.31 Å². The topological polar surface area (TPSA) is 78.0 Å². The van der Waals surface area contributed by atoms with Crippen LogP contribution < -0.4 is 0 Å². The lowest BCUT2D eigenvalue weighted by Gasteiger charge is -2.38. The van der Waals surface area contributed by atoms with Crippen LogP contribution in [0.4, 0.5) is 0 Å². The Kier molecular flexibility index (Phi) is 7.20. The van der Waals surface area contributed by atoms with E-state index in [1.54, 1.807) is 12.1 Å². The zero-order valence-electron chi connectivity index (χ0n) is 19.0. The van der Waals surface area contributed by atoms with Crippen LogP contribution >= 0.6 is 0 Å². The summed E-state index contributed by atoms with van der Waals surface area (Å²) in [6.07, 6.45) is 5.99. The lowest BCUT2D eigenvalue weighted by molar-refractivity contribution is -0.143. The third-order valence-electron chi connectivity index (χ3n) is 7.29. The van der Waals surface area contributed by atoms with Crippen molar-refractivity contribution in [3.8, 4) is 0 Å². The van der Waals surface area contributed by atoms with Crippen LogP contribution in [-0.2, 0) is 19.6 Å². The molecule has 4 rings (SSSR count). The largest absolute Gasteiger partial charge is 0.342 e. The number of likely N-dealkylation sites (tertiary alicyclic amines) is 2. The molecule has 0 radical (unpaired) electrons. The molecule has 8 heteroatoms. The zero-order chi connectivity index (χ0) is 22.7. The van der Waals surface area contributed by atoms with E-state index >= 15 is 0 Å². The van der Waals surface area contributed by atoms with Crippen molar-refractivity contribution in [1.29, 1.82) is 0 Å². The van der Waals surface area contributed by atoms with Gasteiger partial charge in [0.15, 0.2) is 0 Å². The van der Waals surface area contributed by atoms with Crippen LogP contribution in [0.2, 0.25) is 0 Å². The molecule has 0 N–H and O–H groups in total. The number of piperidine rings is 3. The molecule has 3 heterocycles. The highest BCUT2D eigenvalue weighted by molar-refractivity contribution is 7.89. The van der Waals surface area contributed by atoms with Crippen LogP contribution in [0.25, 0.3) is 0 Å². The lowest BCUT2D eigenvalue weighted by Crippen LogP contribution is -2.48. The molecule has 2 amide bonds. The molecule has 0 aliphatic carbocycles. The van der Waals surface area contributed by atoms with Gasteiger partial charge in [0.2, 0.25) is 21.8 Å². The smallest absolute Gasteiger partial charge is 0.243 e. The molecule has 3 saturated heterocycles. The van der Waals surface area contributed by atoms with Gasteiger partial charge in [0.1, 0.15) is 0 Å². The highest BCUT2D eigenvalue weighted by atomic mass is 32.2. The van der Waals surface area contributed by atoms with Gasteiger partial charge < -0.3 is 9.80 Å². The number of hydrogen-bond acceptors (Lipinski definition) is 4. The Morgan fingerprint density at radius 2 is 1.19 bits per heavy atom. The summed E-state index contributed by atoms with van der Waals surface area (Å²) in [5, 5.41) is 0. The third-order valence-corrected chi connectivity index (χ3v) is 9.20. The predicted octanol–water partition coefficient (Wildman–Crippen LogP) is 2.65. The molecule has 7 nitrogen and oxygen atoms in total. The van der Waals surface area contributed by atoms with Gasteiger partial charge in [-0.1, -0.05) is 17.7 Å². The summed E-state index contributed by atoms with van der Waals surface area (Å²) in [5.41, 5.74) is 1.02. The molecule has 176 valence electrons. The molecule has 3 aliphatic rings. The van der Waals surface area contributed by atoms with E-state index in [0.717, 1.165) is 44.3 Å². The Balaban J connectivity index is 1.27. The van der Waals surface area contributed by atoms with Gasteiger partial charge in [-0.25, -0.2) is 8.42 Å². The van der Waals surface area contributed by atoms with Crippen molar-refractivity contribution in [2.24, 2.45) is 11.8 Å². The number of sulfonamides is 1. The molecule has 0 aromatic heterocycles. The summed E-state index contributed by atoms with van der Waals surface area (Å²) in [6.45, 7) is 5.69. The second kappa shape index (κ2) is 9.91. The van der Waals surface area contributed by atoms with Gasteiger partial charge in [0, 0.05) is 51.1 Å². The first-order valence-corrected chi connectivity index (χ1v) is 13.4. The Morgan fingerprint density at radius 3 is 1.72 bits per heavy atom. The molecule has 32 heavy (non-hydrogen) atoms. The summed E-state index contributed by atoms with van der Waals surface area (Å²) in [7, 11) is -3.51. The number of carbonyl (C=O) groups excluding carboxylic acids is 2. The number of nitrogens with zero attached hydrogens (tertiary/aromatic N) is 3. The van der Waals surface area contributed by atoms with E-state index in [1.165, 1.54) is 10.7 Å². The van der Waals surface area contributed by atoms with Gasteiger partial charge in [-0.3, -0.25) is 9.59 Å². The van der Waals surface area contributed by atoms with Crippen LogP contribution in [0, 0.1) is 18.8 Å². The van der Waals surface area contributed by atoms with Crippen molar-refractivity contribution < 1.29 is 18.0 Å². The third kappa shape index (κ3) is 5.01. The standard InChI is InChI=1S/C24H35N3O4S/c1-19-5-7-22(8-6-19)32(30,31)27-17-11-21(12-18-27)24(29)26-15-9-20(10-16-26)23(28)25-13-3-2-4-14-25/h5-8,20-21H,2-4,9-18H2,1H3. The van der Waals surface area contributed by atoms with Gasteiger partial charge >= 0.3 is 0 Å². The van der Waals surface area contributed by atoms with E-state index in [1.807, 2.05) is 28.9 Å². The van der Waals surface area contributed by atoms with Crippen molar-refractivity contribution in [2.45, 2.75) is 56.8 Å². The molecule has 0 unspecified atom stereocenters. The summed E-state index contributed by atoms with van der Waals surface area (Å²) in [4.78, 5) is 30.0. The normalized spacial score (nSPS) is 22.2. The van der Waals surface area contributed by atoms with E-state index in [0.29, 0.717) is 43.9 Å². The maximum atomic E-state index is 13.1. The minimum atomic E-state index is -3.51. The van der Waals surface area contributed by atoms with Gasteiger partial charge in [-0.05, 0) is 64.0 Å². The lowest BCUT2D eigenvalue weighted by atomic mass is 9.91. The van der Waals surface area contributed by atoms with Crippen molar-refractivity contribution in [1.82, 2.24) is 14.1 Å². The van der Waals surface area contributed by atoms with E-state index < -0.39 is 10.0 Å². The summed E-state index contributed by atoms with van der Waals surface area (Å²) < 4.78 is 27.3. The molecule has 1 aromatic carbocycles. The Morgan fingerprint density at radius 1 is 0.719 bits per heavy atom. The molecular weight excluding hydrogens is 426 g/mol. The van der Waals surface area contributed by atoms with E-state index in [9.17, 15) is 18.0 Å². The predicted molar refractivity (Wildman–Crippen MR) is 122 cm³/mol. The average molecular weight is 462 g/mol. The second-order valence-corrected chi connectivity index (χ2v) is 11.4. The van der Waals surface area contributed by atoms with Crippen molar-refractivity contribution in [3.05, 3.63) is 29.8 Å². The fourth-order valence-electron chi connectivity index (χ4n) is 5.18. The van der Waals surface area contributed by atoms with E-state index in [-0.39, 0.29) is 23.7 Å². The molecule has 3 aliphatic heterocycles. The quantitative estimate of drug-likeness (QED) is 0.691. The summed E-state index contributed by atoms with van der Waals surface area (Å²) in [5.74, 6) is 0.306. The first-order valence-electron chi connectivity index (χ1n) is 12.0. The molecule has 0 atom stereocenters. The Labute approximate surface area is 191 Å². The maximum absolute atomic E-state index is 13.1. The summed E-state index contributed by atoms with van der Waals surface area (Å²) >= 11 is 0. The zero-order valence-corrected chi connectivity index (χ0v) is 19.9. The molecular formula is C24H35N3O4S. The molecule has 0 spiro atoms. The monoisotopic (exact) mass is 461 g/mol. The number of aryl methyl sites for hydroxylation is 1. The molecule has 1 aromatic rings. The number of rotatable bonds is 4. The first-order chi connectivity index (χ1) is 15.4. The van der Waals surface area contributed by atoms with Crippen molar-refractivity contribution in [2.75, 3.05) is 39.3 Å². The van der Waals surface area contributed by atoms with Crippen LogP contribution in [0.1, 0.15) is 50.5 Å². The Bertz CT molecular complexity index is 909. The van der Waals surface area contributed by atoms with E-state index in [4.69, 9.17) is 0 Å². The van der Waals surface area contributed by atoms with Crippen LogP contribution in [0.5, 0.6) is 0 Å². The minimum absolute atomic E-state index is 0.0404. The SMILES string of the molecule is Cc1ccc(S(=O)(=O)N2CCC(C(=O)N3CCC(C(=O)N4CCCCC4)CC3)CC2)cc1. The van der Waals surface area contributed by atoms with E-state index in [2.05, 4.69) is 0 Å². The molecule has 3 fully saturated rings. The van der Waals surface area contributed by atoms with Crippen molar-refractivity contribution in [3.63, 3.8) is 0 Å². The minimum Gasteiger partial charge on any atom is -0.342 e. The van der Waals surface area contributed by atoms with Crippen LogP contribution in [0.3, 0.4) is 0 Å². The van der Waals surface area contributed by atoms with Gasteiger partial charge in [-0.15, -0.1) is 0 Å².